The summed E-state index contributed by atoms with van der Waals surface area (Å²) >= 11 is 1.84. The zero-order chi connectivity index (χ0) is 21.8. The third-order valence-electron chi connectivity index (χ3n) is 6.16. The molecular weight excluding hydrogens is 410 g/mol. The fourth-order valence-corrected chi connectivity index (χ4v) is 5.81. The molecule has 1 spiro atoms. The van der Waals surface area contributed by atoms with E-state index in [4.69, 9.17) is 4.74 Å². The van der Waals surface area contributed by atoms with Crippen LogP contribution in [0.5, 0.6) is 5.75 Å². The average Bonchev–Trinajstić information content (AvgIpc) is 3.21. The number of urea groups is 1. The molecule has 2 aromatic rings. The number of hydrogen-bond acceptors (Lipinski definition) is 4. The fourth-order valence-electron chi connectivity index (χ4n) is 4.35. The molecule has 6 nitrogen and oxygen atoms in total. The van der Waals surface area contributed by atoms with Crippen molar-refractivity contribution in [2.75, 3.05) is 37.8 Å². The van der Waals surface area contributed by atoms with Crippen molar-refractivity contribution in [2.45, 2.75) is 31.1 Å². The summed E-state index contributed by atoms with van der Waals surface area (Å²) in [5, 5.41) is 3.02. The molecule has 2 aliphatic heterocycles. The molecule has 0 unspecified atom stereocenters. The van der Waals surface area contributed by atoms with Gasteiger partial charge in [-0.05, 0) is 55.2 Å². The van der Waals surface area contributed by atoms with Gasteiger partial charge in [0.15, 0.2) is 0 Å². The van der Waals surface area contributed by atoms with Crippen molar-refractivity contribution in [3.63, 3.8) is 0 Å². The predicted molar refractivity (Wildman–Crippen MR) is 125 cm³/mol. The minimum Gasteiger partial charge on any atom is -0.497 e. The summed E-state index contributed by atoms with van der Waals surface area (Å²) in [5.74, 6) is 1.65. The Labute approximate surface area is 187 Å². The maximum Gasteiger partial charge on any atom is 0.321 e. The van der Waals surface area contributed by atoms with E-state index < -0.39 is 0 Å². The minimum atomic E-state index is -0.237. The highest BCUT2D eigenvalue weighted by atomic mass is 32.2. The largest absolute Gasteiger partial charge is 0.497 e. The van der Waals surface area contributed by atoms with Gasteiger partial charge in [0.05, 0.1) is 12.0 Å². The van der Waals surface area contributed by atoms with Crippen LogP contribution in [0.2, 0.25) is 0 Å². The third-order valence-corrected chi connectivity index (χ3v) is 7.71. The van der Waals surface area contributed by atoms with E-state index in [0.717, 1.165) is 37.2 Å². The van der Waals surface area contributed by atoms with Gasteiger partial charge in [0.25, 0.3) is 5.91 Å². The Hall–Kier alpha value is -2.67. The molecule has 2 aromatic carbocycles. The number of aryl methyl sites for hydroxylation is 1. The molecular formula is C24H29N3O3S. The van der Waals surface area contributed by atoms with Gasteiger partial charge >= 0.3 is 6.03 Å². The van der Waals surface area contributed by atoms with E-state index in [1.165, 1.54) is 5.56 Å². The zero-order valence-electron chi connectivity index (χ0n) is 18.1. The van der Waals surface area contributed by atoms with Gasteiger partial charge < -0.3 is 19.9 Å². The number of nitrogens with zero attached hydrogens (tertiary/aromatic N) is 2. The number of hydrogen-bond donors (Lipinski definition) is 1. The molecule has 2 saturated heterocycles. The lowest BCUT2D eigenvalue weighted by Crippen LogP contribution is -2.54. The molecule has 1 N–H and O–H groups in total. The number of thioether (sulfide) groups is 1. The van der Waals surface area contributed by atoms with E-state index in [1.54, 1.807) is 13.2 Å². The summed E-state index contributed by atoms with van der Waals surface area (Å²) in [6.07, 6.45) is 2.48. The molecule has 0 radical (unpaired) electrons. The van der Waals surface area contributed by atoms with Crippen molar-refractivity contribution in [3.8, 4) is 5.75 Å². The second-order valence-electron chi connectivity index (χ2n) is 7.95. The summed E-state index contributed by atoms with van der Waals surface area (Å²) < 4.78 is 5.28. The van der Waals surface area contributed by atoms with Crippen LogP contribution < -0.4 is 10.1 Å². The predicted octanol–water partition coefficient (Wildman–Crippen LogP) is 4.47. The molecule has 4 rings (SSSR count). The van der Waals surface area contributed by atoms with E-state index in [9.17, 15) is 9.59 Å². The Morgan fingerprint density at radius 1 is 1.10 bits per heavy atom. The van der Waals surface area contributed by atoms with Crippen LogP contribution in [0.4, 0.5) is 10.5 Å². The lowest BCUT2D eigenvalue weighted by Gasteiger charge is -2.44. The van der Waals surface area contributed by atoms with Crippen LogP contribution in [0.3, 0.4) is 0 Å². The Morgan fingerprint density at radius 2 is 1.87 bits per heavy atom. The van der Waals surface area contributed by atoms with Gasteiger partial charge in [-0.25, -0.2) is 4.79 Å². The normalized spacial score (nSPS) is 17.6. The van der Waals surface area contributed by atoms with Gasteiger partial charge in [-0.1, -0.05) is 25.1 Å². The van der Waals surface area contributed by atoms with E-state index >= 15 is 0 Å². The highest BCUT2D eigenvalue weighted by Gasteiger charge is 2.47. The summed E-state index contributed by atoms with van der Waals surface area (Å²) in [7, 11) is 1.61. The summed E-state index contributed by atoms with van der Waals surface area (Å²) in [6.45, 7) is 4.10. The maximum absolute atomic E-state index is 13.3. The van der Waals surface area contributed by atoms with Gasteiger partial charge in [-0.15, -0.1) is 11.8 Å². The lowest BCUT2D eigenvalue weighted by molar-refractivity contribution is 0.0585. The number of piperidine rings is 1. The Kier molecular flexibility index (Phi) is 6.41. The van der Waals surface area contributed by atoms with Crippen LogP contribution in [0, 0.1) is 0 Å². The Bertz CT molecular complexity index is 957. The molecule has 7 heteroatoms. The van der Waals surface area contributed by atoms with Crippen molar-refractivity contribution < 1.29 is 14.3 Å². The molecule has 0 bridgehead atoms. The smallest absolute Gasteiger partial charge is 0.321 e. The monoisotopic (exact) mass is 439 g/mol. The van der Waals surface area contributed by atoms with Gasteiger partial charge in [0.2, 0.25) is 0 Å². The molecule has 2 aliphatic rings. The molecule has 0 saturated carbocycles. The molecule has 2 heterocycles. The number of anilines is 1. The average molecular weight is 440 g/mol. The SMILES string of the molecule is CCc1cccc(NC(=O)N2CCC3(CC2)SCCN3C(=O)c2cccc(OC)c2)c1. The first-order chi connectivity index (χ1) is 15.0. The van der Waals surface area contributed by atoms with E-state index in [2.05, 4.69) is 18.3 Å². The summed E-state index contributed by atoms with van der Waals surface area (Å²) in [4.78, 5) is 29.7. The van der Waals surface area contributed by atoms with Crippen molar-refractivity contribution in [3.05, 3.63) is 59.7 Å². The minimum absolute atomic E-state index is 0.0400. The first-order valence-electron chi connectivity index (χ1n) is 10.8. The lowest BCUT2D eigenvalue weighted by atomic mass is 10.0. The van der Waals surface area contributed by atoms with Gasteiger partial charge in [-0.3, -0.25) is 4.79 Å². The van der Waals surface area contributed by atoms with Gasteiger partial charge in [0, 0.05) is 36.6 Å². The highest BCUT2D eigenvalue weighted by molar-refractivity contribution is 8.00. The molecule has 31 heavy (non-hydrogen) atoms. The number of nitrogens with one attached hydrogen (secondary N) is 1. The first kappa shape index (κ1) is 21.6. The van der Waals surface area contributed by atoms with E-state index in [0.29, 0.717) is 24.4 Å². The molecule has 0 aliphatic carbocycles. The second kappa shape index (κ2) is 9.22. The number of amides is 3. The fraction of sp³-hybridized carbons (Fsp3) is 0.417. The maximum atomic E-state index is 13.3. The number of benzene rings is 2. The quantitative estimate of drug-likeness (QED) is 0.764. The van der Waals surface area contributed by atoms with E-state index in [1.807, 2.05) is 58.0 Å². The molecule has 2 fully saturated rings. The number of rotatable bonds is 4. The first-order valence-corrected chi connectivity index (χ1v) is 11.8. The zero-order valence-corrected chi connectivity index (χ0v) is 18.9. The standard InChI is InChI=1S/C24H29N3O3S/c1-3-18-6-4-8-20(16-18)25-23(29)26-12-10-24(11-13-26)27(14-15-31-24)22(28)19-7-5-9-21(17-19)30-2/h4-9,16-17H,3,10-15H2,1-2H3,(H,25,29). The molecule has 164 valence electrons. The van der Waals surface area contributed by atoms with Gasteiger partial charge in [-0.2, -0.15) is 0 Å². The Balaban J connectivity index is 1.41. The van der Waals surface area contributed by atoms with Crippen molar-refractivity contribution in [1.29, 1.82) is 0 Å². The highest BCUT2D eigenvalue weighted by Crippen LogP contribution is 2.44. The van der Waals surface area contributed by atoms with Crippen molar-refractivity contribution in [2.24, 2.45) is 0 Å². The van der Waals surface area contributed by atoms with E-state index in [-0.39, 0.29) is 16.8 Å². The van der Waals surface area contributed by atoms with Gasteiger partial charge in [0.1, 0.15) is 5.75 Å². The van der Waals surface area contributed by atoms with Crippen molar-refractivity contribution in [1.82, 2.24) is 9.80 Å². The molecule has 3 amide bonds. The van der Waals surface area contributed by atoms with Crippen LogP contribution in [0.25, 0.3) is 0 Å². The summed E-state index contributed by atoms with van der Waals surface area (Å²) in [5.41, 5.74) is 2.68. The number of methoxy groups -OCH3 is 1. The number of likely N-dealkylation sites (tertiary alicyclic amines) is 1. The van der Waals surface area contributed by atoms with Crippen LogP contribution in [0.1, 0.15) is 35.7 Å². The summed E-state index contributed by atoms with van der Waals surface area (Å²) in [6, 6.07) is 15.2. The number of carbonyl (C=O) groups excluding carboxylic acids is 2. The number of carbonyl (C=O) groups is 2. The Morgan fingerprint density at radius 3 is 2.61 bits per heavy atom. The number of ether oxygens (including phenoxy) is 1. The third kappa shape index (κ3) is 4.51. The molecule has 0 atom stereocenters. The van der Waals surface area contributed by atoms with Crippen molar-refractivity contribution >= 4 is 29.4 Å². The topological polar surface area (TPSA) is 61.9 Å². The van der Waals surface area contributed by atoms with Crippen LogP contribution in [0.15, 0.2) is 48.5 Å². The van der Waals surface area contributed by atoms with Crippen LogP contribution in [-0.4, -0.2) is 59.1 Å². The second-order valence-corrected chi connectivity index (χ2v) is 9.41. The molecule has 0 aromatic heterocycles. The van der Waals surface area contributed by atoms with Crippen LogP contribution >= 0.6 is 11.8 Å². The van der Waals surface area contributed by atoms with Crippen LogP contribution in [-0.2, 0) is 6.42 Å².